The van der Waals surface area contributed by atoms with E-state index >= 15 is 0 Å². The van der Waals surface area contributed by atoms with Gasteiger partial charge in [0.2, 0.25) is 0 Å². The Morgan fingerprint density at radius 3 is 2.44 bits per heavy atom. The van der Waals surface area contributed by atoms with Crippen LogP contribution in [-0.4, -0.2) is 19.2 Å². The normalized spacial score (nSPS) is 12.4. The lowest BCUT2D eigenvalue weighted by Crippen LogP contribution is -2.31. The molecule has 0 aliphatic heterocycles. The average molecular weight is 221 g/mol. The van der Waals surface area contributed by atoms with Crippen molar-refractivity contribution >= 4 is 0 Å². The number of likely N-dealkylation sites (N-methyl/N-ethyl adjacent to an activating group) is 1. The predicted molar refractivity (Wildman–Crippen MR) is 69.1 cm³/mol. The summed E-state index contributed by atoms with van der Waals surface area (Å²) in [4.78, 5) is 0. The molecular formula is C14H23NO. The molecule has 1 aromatic rings. The maximum atomic E-state index is 5.69. The van der Waals surface area contributed by atoms with Crippen LogP contribution in [0.15, 0.2) is 24.3 Å². The Morgan fingerprint density at radius 1 is 1.19 bits per heavy atom. The van der Waals surface area contributed by atoms with E-state index in [4.69, 9.17) is 4.74 Å². The van der Waals surface area contributed by atoms with Crippen LogP contribution in [0.2, 0.25) is 0 Å². The zero-order valence-corrected chi connectivity index (χ0v) is 10.6. The molecule has 1 rings (SSSR count). The fourth-order valence-electron chi connectivity index (χ4n) is 1.67. The summed E-state index contributed by atoms with van der Waals surface area (Å²) in [6.07, 6.45) is 2.34. The molecular weight excluding hydrogens is 198 g/mol. The van der Waals surface area contributed by atoms with Crippen molar-refractivity contribution < 1.29 is 4.74 Å². The smallest absolute Gasteiger partial charge is 0.119 e. The molecule has 1 aromatic carbocycles. The molecule has 0 radical (unpaired) electrons. The summed E-state index contributed by atoms with van der Waals surface area (Å²) in [5.41, 5.74) is 1.38. The minimum Gasteiger partial charge on any atom is -0.492 e. The molecule has 1 atom stereocenters. The molecule has 0 bridgehead atoms. The highest BCUT2D eigenvalue weighted by Gasteiger charge is 2.00. The molecule has 90 valence electrons. The van der Waals surface area contributed by atoms with Crippen LogP contribution in [0.4, 0.5) is 0 Å². The molecule has 16 heavy (non-hydrogen) atoms. The first-order valence-corrected chi connectivity index (χ1v) is 6.21. The number of ether oxygens (including phenoxy) is 1. The Balaban J connectivity index is 2.37. The van der Waals surface area contributed by atoms with Gasteiger partial charge in [0.25, 0.3) is 0 Å². The second-order valence-corrected chi connectivity index (χ2v) is 4.16. The fraction of sp³-hybridized carbons (Fsp3) is 0.571. The van der Waals surface area contributed by atoms with Gasteiger partial charge < -0.3 is 10.1 Å². The zero-order valence-electron chi connectivity index (χ0n) is 10.6. The van der Waals surface area contributed by atoms with Crippen molar-refractivity contribution in [3.05, 3.63) is 29.8 Å². The van der Waals surface area contributed by atoms with E-state index in [1.165, 1.54) is 12.0 Å². The summed E-state index contributed by atoms with van der Waals surface area (Å²) in [5.74, 6) is 0.963. The SMILES string of the molecule is CCCc1ccc(OCC(C)NCC)cc1. The monoisotopic (exact) mass is 221 g/mol. The van der Waals surface area contributed by atoms with Gasteiger partial charge in [-0.05, 0) is 37.6 Å². The highest BCUT2D eigenvalue weighted by atomic mass is 16.5. The number of rotatable bonds is 7. The van der Waals surface area contributed by atoms with Crippen LogP contribution in [0, 0.1) is 0 Å². The Kier molecular flexibility index (Phi) is 5.94. The number of nitrogens with one attached hydrogen (secondary N) is 1. The van der Waals surface area contributed by atoms with E-state index in [0.29, 0.717) is 6.04 Å². The third kappa shape index (κ3) is 4.67. The van der Waals surface area contributed by atoms with E-state index in [1.807, 2.05) is 0 Å². The molecule has 0 aliphatic rings. The number of hydrogen-bond acceptors (Lipinski definition) is 2. The van der Waals surface area contributed by atoms with Crippen LogP contribution in [0.1, 0.15) is 32.8 Å². The first-order chi connectivity index (χ1) is 7.76. The van der Waals surface area contributed by atoms with Gasteiger partial charge >= 0.3 is 0 Å². The largest absolute Gasteiger partial charge is 0.492 e. The Morgan fingerprint density at radius 2 is 1.88 bits per heavy atom. The van der Waals surface area contributed by atoms with Crippen molar-refractivity contribution in [1.29, 1.82) is 0 Å². The summed E-state index contributed by atoms with van der Waals surface area (Å²) in [7, 11) is 0. The second kappa shape index (κ2) is 7.29. The van der Waals surface area contributed by atoms with Gasteiger partial charge in [-0.3, -0.25) is 0 Å². The molecule has 0 saturated carbocycles. The van der Waals surface area contributed by atoms with Gasteiger partial charge in [0.1, 0.15) is 12.4 Å². The van der Waals surface area contributed by atoms with Crippen LogP contribution in [0.5, 0.6) is 5.75 Å². The van der Waals surface area contributed by atoms with Crippen LogP contribution in [0.3, 0.4) is 0 Å². The van der Waals surface area contributed by atoms with Gasteiger partial charge in [-0.2, -0.15) is 0 Å². The molecule has 2 nitrogen and oxygen atoms in total. The third-order valence-corrected chi connectivity index (χ3v) is 2.51. The van der Waals surface area contributed by atoms with Gasteiger partial charge in [0, 0.05) is 6.04 Å². The summed E-state index contributed by atoms with van der Waals surface area (Å²) in [5, 5.41) is 3.32. The van der Waals surface area contributed by atoms with Gasteiger partial charge in [-0.25, -0.2) is 0 Å². The standard InChI is InChI=1S/C14H23NO/c1-4-6-13-7-9-14(10-8-13)16-11-12(3)15-5-2/h7-10,12,15H,4-6,11H2,1-3H3. The van der Waals surface area contributed by atoms with Crippen molar-refractivity contribution in [2.45, 2.75) is 39.7 Å². The zero-order chi connectivity index (χ0) is 11.8. The summed E-state index contributed by atoms with van der Waals surface area (Å²) >= 11 is 0. The van der Waals surface area contributed by atoms with E-state index < -0.39 is 0 Å². The van der Waals surface area contributed by atoms with Crippen molar-refractivity contribution in [2.24, 2.45) is 0 Å². The highest BCUT2D eigenvalue weighted by Crippen LogP contribution is 2.13. The van der Waals surface area contributed by atoms with E-state index in [0.717, 1.165) is 25.3 Å². The minimum absolute atomic E-state index is 0.403. The number of benzene rings is 1. The van der Waals surface area contributed by atoms with Gasteiger partial charge in [0.05, 0.1) is 0 Å². The average Bonchev–Trinajstić information content (AvgIpc) is 2.29. The molecule has 0 aromatic heterocycles. The van der Waals surface area contributed by atoms with Gasteiger partial charge in [-0.15, -0.1) is 0 Å². The van der Waals surface area contributed by atoms with Crippen LogP contribution < -0.4 is 10.1 Å². The lowest BCUT2D eigenvalue weighted by molar-refractivity contribution is 0.275. The van der Waals surface area contributed by atoms with Crippen molar-refractivity contribution in [2.75, 3.05) is 13.2 Å². The molecule has 2 heteroatoms. The summed E-state index contributed by atoms with van der Waals surface area (Å²) in [6, 6.07) is 8.82. The first-order valence-electron chi connectivity index (χ1n) is 6.21. The van der Waals surface area contributed by atoms with Gasteiger partial charge in [-0.1, -0.05) is 32.4 Å². The number of hydrogen-bond donors (Lipinski definition) is 1. The maximum Gasteiger partial charge on any atom is 0.119 e. The van der Waals surface area contributed by atoms with Gasteiger partial charge in [0.15, 0.2) is 0 Å². The van der Waals surface area contributed by atoms with Crippen molar-refractivity contribution in [1.82, 2.24) is 5.32 Å². The fourth-order valence-corrected chi connectivity index (χ4v) is 1.67. The Bertz CT molecular complexity index is 281. The molecule has 0 heterocycles. The Hall–Kier alpha value is -1.02. The van der Waals surface area contributed by atoms with Crippen molar-refractivity contribution in [3.8, 4) is 5.75 Å². The maximum absolute atomic E-state index is 5.69. The molecule has 0 spiro atoms. The van der Waals surface area contributed by atoms with E-state index in [2.05, 4.69) is 50.4 Å². The minimum atomic E-state index is 0.403. The van der Waals surface area contributed by atoms with Crippen LogP contribution in [-0.2, 0) is 6.42 Å². The lowest BCUT2D eigenvalue weighted by Gasteiger charge is -2.13. The van der Waals surface area contributed by atoms with E-state index in [1.54, 1.807) is 0 Å². The second-order valence-electron chi connectivity index (χ2n) is 4.16. The molecule has 0 amide bonds. The van der Waals surface area contributed by atoms with E-state index in [9.17, 15) is 0 Å². The lowest BCUT2D eigenvalue weighted by atomic mass is 10.1. The third-order valence-electron chi connectivity index (χ3n) is 2.51. The molecule has 0 aliphatic carbocycles. The quantitative estimate of drug-likeness (QED) is 0.764. The first kappa shape index (κ1) is 13.0. The molecule has 1 N–H and O–H groups in total. The molecule has 0 fully saturated rings. The molecule has 0 saturated heterocycles. The predicted octanol–water partition coefficient (Wildman–Crippen LogP) is 3.02. The topological polar surface area (TPSA) is 21.3 Å². The molecule has 1 unspecified atom stereocenters. The summed E-state index contributed by atoms with van der Waals surface area (Å²) in [6.45, 7) is 8.15. The highest BCUT2D eigenvalue weighted by molar-refractivity contribution is 5.27. The van der Waals surface area contributed by atoms with Crippen LogP contribution >= 0.6 is 0 Å². The Labute approximate surface area is 99.0 Å². The van der Waals surface area contributed by atoms with Crippen LogP contribution in [0.25, 0.3) is 0 Å². The number of aryl methyl sites for hydroxylation is 1. The summed E-state index contributed by atoms with van der Waals surface area (Å²) < 4.78 is 5.69. The van der Waals surface area contributed by atoms with Crippen molar-refractivity contribution in [3.63, 3.8) is 0 Å². The van der Waals surface area contributed by atoms with E-state index in [-0.39, 0.29) is 0 Å².